The van der Waals surface area contributed by atoms with Crippen LogP contribution in [0.3, 0.4) is 0 Å². The fraction of sp³-hybridized carbons (Fsp3) is 0.412. The monoisotopic (exact) mass is 351 g/mol. The third kappa shape index (κ3) is 4.20. The molecule has 2 aromatic rings. The Hall–Kier alpha value is -1.76. The van der Waals surface area contributed by atoms with Crippen molar-refractivity contribution in [1.82, 2.24) is 9.97 Å². The summed E-state index contributed by atoms with van der Waals surface area (Å²) in [5, 5.41) is 3.58. The normalized spacial score (nSPS) is 19.9. The van der Waals surface area contributed by atoms with E-state index in [9.17, 15) is 4.39 Å². The molecular weight excluding hydrogens is 333 g/mol. The maximum absolute atomic E-state index is 13.4. The second-order valence-corrected chi connectivity index (χ2v) is 6.70. The average molecular weight is 352 g/mol. The van der Waals surface area contributed by atoms with Crippen LogP contribution >= 0.6 is 11.6 Å². The van der Waals surface area contributed by atoms with Crippen LogP contribution in [0.2, 0.25) is 5.02 Å². The number of ether oxygens (including phenoxy) is 2. The molecule has 1 N–H and O–H groups in total. The van der Waals surface area contributed by atoms with Gasteiger partial charge in [-0.25, -0.2) is 9.97 Å². The Labute approximate surface area is 145 Å². The van der Waals surface area contributed by atoms with E-state index in [0.717, 1.165) is 0 Å². The van der Waals surface area contributed by atoms with Crippen molar-refractivity contribution in [3.05, 3.63) is 41.4 Å². The molecule has 5 nitrogen and oxygen atoms in total. The molecule has 128 valence electrons. The zero-order chi connectivity index (χ0) is 17.2. The highest BCUT2D eigenvalue weighted by molar-refractivity contribution is 6.33. The number of anilines is 1. The molecule has 1 unspecified atom stereocenters. The number of hydrogen-bond donors (Lipinski definition) is 1. The van der Waals surface area contributed by atoms with Crippen LogP contribution in [0, 0.1) is 5.95 Å². The lowest BCUT2D eigenvalue weighted by atomic mass is 10.1. The first kappa shape index (κ1) is 17.1. The van der Waals surface area contributed by atoms with Crippen LogP contribution in [-0.2, 0) is 9.47 Å². The average Bonchev–Trinajstić information content (AvgIpc) is 2.55. The van der Waals surface area contributed by atoms with Crippen LogP contribution in [0.15, 0.2) is 30.5 Å². The van der Waals surface area contributed by atoms with E-state index in [2.05, 4.69) is 15.3 Å². The van der Waals surface area contributed by atoms with Gasteiger partial charge in [-0.1, -0.05) is 17.7 Å². The molecule has 24 heavy (non-hydrogen) atoms. The zero-order valence-electron chi connectivity index (χ0n) is 13.6. The molecule has 0 amide bonds. The van der Waals surface area contributed by atoms with E-state index >= 15 is 0 Å². The van der Waals surface area contributed by atoms with Crippen molar-refractivity contribution < 1.29 is 13.9 Å². The SMILES string of the molecule is CC1(C)COCC(CNc2cccc(-c3cc(F)ncc3Cl)n2)O1. The lowest BCUT2D eigenvalue weighted by Gasteiger charge is -2.36. The molecule has 0 aliphatic carbocycles. The Morgan fingerprint density at radius 2 is 2.25 bits per heavy atom. The number of halogens is 2. The lowest BCUT2D eigenvalue weighted by Crippen LogP contribution is -2.45. The fourth-order valence-corrected chi connectivity index (χ4v) is 2.77. The van der Waals surface area contributed by atoms with Gasteiger partial charge in [0.1, 0.15) is 5.82 Å². The molecular formula is C17H19ClFN3O2. The van der Waals surface area contributed by atoms with Gasteiger partial charge in [-0.05, 0) is 26.0 Å². The van der Waals surface area contributed by atoms with Crippen LogP contribution in [0.5, 0.6) is 0 Å². The number of nitrogens with one attached hydrogen (secondary N) is 1. The molecule has 0 saturated carbocycles. The van der Waals surface area contributed by atoms with Crippen LogP contribution in [0.25, 0.3) is 11.3 Å². The van der Waals surface area contributed by atoms with Crippen molar-refractivity contribution in [3.63, 3.8) is 0 Å². The van der Waals surface area contributed by atoms with Crippen LogP contribution in [0.4, 0.5) is 10.2 Å². The van der Waals surface area contributed by atoms with Crippen molar-refractivity contribution in [2.45, 2.75) is 25.6 Å². The highest BCUT2D eigenvalue weighted by atomic mass is 35.5. The Morgan fingerprint density at radius 3 is 3.04 bits per heavy atom. The topological polar surface area (TPSA) is 56.3 Å². The lowest BCUT2D eigenvalue weighted by molar-refractivity contribution is -0.177. The summed E-state index contributed by atoms with van der Waals surface area (Å²) in [7, 11) is 0. The van der Waals surface area contributed by atoms with Crippen molar-refractivity contribution >= 4 is 17.4 Å². The number of pyridine rings is 2. The Bertz CT molecular complexity index is 727. The largest absolute Gasteiger partial charge is 0.376 e. The predicted molar refractivity (Wildman–Crippen MR) is 90.7 cm³/mol. The number of aromatic nitrogens is 2. The summed E-state index contributed by atoms with van der Waals surface area (Å²) in [5.41, 5.74) is 0.792. The van der Waals surface area contributed by atoms with Gasteiger partial charge in [0, 0.05) is 24.4 Å². The molecule has 3 rings (SSSR count). The molecule has 0 radical (unpaired) electrons. The molecule has 1 atom stereocenters. The molecule has 7 heteroatoms. The maximum Gasteiger partial charge on any atom is 0.213 e. The molecule has 1 aliphatic heterocycles. The third-order valence-electron chi connectivity index (χ3n) is 3.60. The van der Waals surface area contributed by atoms with Crippen molar-refractivity contribution in [3.8, 4) is 11.3 Å². The summed E-state index contributed by atoms with van der Waals surface area (Å²) in [4.78, 5) is 8.01. The molecule has 2 aromatic heterocycles. The van der Waals surface area contributed by atoms with Crippen LogP contribution in [-0.4, -0.2) is 41.4 Å². The number of nitrogens with zero attached hydrogens (tertiary/aromatic N) is 2. The van der Waals surface area contributed by atoms with Crippen molar-refractivity contribution in [2.75, 3.05) is 25.1 Å². The van der Waals surface area contributed by atoms with Gasteiger partial charge in [0.25, 0.3) is 0 Å². The van der Waals surface area contributed by atoms with Gasteiger partial charge < -0.3 is 14.8 Å². The quantitative estimate of drug-likeness (QED) is 0.854. The van der Waals surface area contributed by atoms with Crippen LogP contribution in [0.1, 0.15) is 13.8 Å². The second kappa shape index (κ2) is 7.01. The van der Waals surface area contributed by atoms with Gasteiger partial charge in [0.05, 0.1) is 35.6 Å². The van der Waals surface area contributed by atoms with E-state index in [4.69, 9.17) is 21.1 Å². The summed E-state index contributed by atoms with van der Waals surface area (Å²) in [6.45, 7) is 5.69. The maximum atomic E-state index is 13.4. The number of hydrogen-bond acceptors (Lipinski definition) is 5. The fourth-order valence-electron chi connectivity index (χ4n) is 2.57. The van der Waals surface area contributed by atoms with Crippen molar-refractivity contribution in [2.24, 2.45) is 0 Å². The van der Waals surface area contributed by atoms with Crippen LogP contribution < -0.4 is 5.32 Å². The smallest absolute Gasteiger partial charge is 0.213 e. The standard InChI is InChI=1S/C17H19ClFN3O2/c1-17(2)10-23-9-11(24-17)7-21-16-5-3-4-14(22-16)12-6-15(19)20-8-13(12)18/h3-6,8,11H,7,9-10H2,1-2H3,(H,21,22). The Kier molecular flexibility index (Phi) is 4.99. The summed E-state index contributed by atoms with van der Waals surface area (Å²) in [6.07, 6.45) is 1.23. The minimum Gasteiger partial charge on any atom is -0.376 e. The van der Waals surface area contributed by atoms with Gasteiger partial charge in [-0.2, -0.15) is 4.39 Å². The minimum atomic E-state index is -0.593. The van der Waals surface area contributed by atoms with Crippen molar-refractivity contribution in [1.29, 1.82) is 0 Å². The zero-order valence-corrected chi connectivity index (χ0v) is 14.3. The van der Waals surface area contributed by atoms with Gasteiger partial charge >= 0.3 is 0 Å². The van der Waals surface area contributed by atoms with Gasteiger partial charge in [0.2, 0.25) is 5.95 Å². The van der Waals surface area contributed by atoms with E-state index < -0.39 is 5.95 Å². The van der Waals surface area contributed by atoms with E-state index in [1.807, 2.05) is 26.0 Å². The van der Waals surface area contributed by atoms with Gasteiger partial charge in [-0.15, -0.1) is 0 Å². The first-order valence-corrected chi connectivity index (χ1v) is 8.09. The minimum absolute atomic E-state index is 0.0545. The summed E-state index contributed by atoms with van der Waals surface area (Å²) in [6, 6.07) is 6.72. The molecule has 1 fully saturated rings. The van der Waals surface area contributed by atoms with E-state index in [1.165, 1.54) is 12.3 Å². The predicted octanol–water partition coefficient (Wildman–Crippen LogP) is 3.54. The highest BCUT2D eigenvalue weighted by Crippen LogP contribution is 2.27. The highest BCUT2D eigenvalue weighted by Gasteiger charge is 2.29. The summed E-state index contributed by atoms with van der Waals surface area (Å²) >= 11 is 6.09. The molecule has 1 aliphatic rings. The molecule has 0 bridgehead atoms. The molecule has 1 saturated heterocycles. The molecule has 0 spiro atoms. The first-order valence-electron chi connectivity index (χ1n) is 7.71. The van der Waals surface area contributed by atoms with E-state index in [-0.39, 0.29) is 11.7 Å². The Morgan fingerprint density at radius 1 is 1.42 bits per heavy atom. The molecule has 3 heterocycles. The van der Waals surface area contributed by atoms with Gasteiger partial charge in [-0.3, -0.25) is 0 Å². The van der Waals surface area contributed by atoms with Gasteiger partial charge in [0.15, 0.2) is 0 Å². The second-order valence-electron chi connectivity index (χ2n) is 6.29. The summed E-state index contributed by atoms with van der Waals surface area (Å²) < 4.78 is 24.9. The van der Waals surface area contributed by atoms with E-state index in [0.29, 0.717) is 41.9 Å². The molecule has 0 aromatic carbocycles. The first-order chi connectivity index (χ1) is 11.4. The summed E-state index contributed by atoms with van der Waals surface area (Å²) in [5.74, 6) is 0.0670. The van der Waals surface area contributed by atoms with E-state index in [1.54, 1.807) is 6.07 Å². The third-order valence-corrected chi connectivity index (χ3v) is 3.90. The number of rotatable bonds is 4. The Balaban J connectivity index is 1.71.